The van der Waals surface area contributed by atoms with Crippen LogP contribution in [0.5, 0.6) is 0 Å². The van der Waals surface area contributed by atoms with E-state index in [1.807, 2.05) is 0 Å². The molecular formula is C17H17F7. The largest absolute Gasteiger partial charge is 0.459 e. The molecule has 7 heteroatoms. The zero-order chi connectivity index (χ0) is 18.4. The molecule has 1 rings (SSSR count). The Labute approximate surface area is 136 Å². The van der Waals surface area contributed by atoms with E-state index in [0.29, 0.717) is 18.4 Å². The van der Waals surface area contributed by atoms with Crippen LogP contribution in [-0.2, 0) is 0 Å². The molecular weight excluding hydrogens is 337 g/mol. The molecule has 0 spiro atoms. The topological polar surface area (TPSA) is 0 Å². The summed E-state index contributed by atoms with van der Waals surface area (Å²) in [6, 6.07) is 8.19. The Kier molecular flexibility index (Phi) is 6.70. The average molecular weight is 354 g/mol. The third-order valence-corrected chi connectivity index (χ3v) is 3.42. The van der Waals surface area contributed by atoms with Crippen LogP contribution in [0.1, 0.15) is 38.2 Å². The maximum absolute atomic E-state index is 13.6. The molecule has 0 nitrogen and oxygen atoms in total. The number of alkyl halides is 7. The molecule has 0 heterocycles. The summed E-state index contributed by atoms with van der Waals surface area (Å²) in [6.45, 7) is 1.75. The fourth-order valence-electron chi connectivity index (χ4n) is 2.03. The van der Waals surface area contributed by atoms with Crippen molar-refractivity contribution in [2.24, 2.45) is 5.92 Å². The fourth-order valence-corrected chi connectivity index (χ4v) is 2.03. The van der Waals surface area contributed by atoms with E-state index in [1.54, 1.807) is 37.3 Å². The molecule has 0 aliphatic carbocycles. The Bertz CT molecular complexity index is 564. The second kappa shape index (κ2) is 7.91. The van der Waals surface area contributed by atoms with Gasteiger partial charge in [-0.1, -0.05) is 49.8 Å². The average Bonchev–Trinajstić information content (AvgIpc) is 2.49. The standard InChI is InChI=1S/C17H17F7/c1-2-3-7-14(11-10-13-8-5-4-6-9-13)12-15(18,19)16(20,21)17(22,23)24/h4-6,8-9,14H,2-3,7,12H2,1H3. The van der Waals surface area contributed by atoms with Crippen LogP contribution in [0.15, 0.2) is 30.3 Å². The first-order valence-corrected chi connectivity index (χ1v) is 7.40. The minimum absolute atomic E-state index is 0.0276. The molecule has 24 heavy (non-hydrogen) atoms. The quantitative estimate of drug-likeness (QED) is 0.430. The summed E-state index contributed by atoms with van der Waals surface area (Å²) < 4.78 is 89.8. The summed E-state index contributed by atoms with van der Waals surface area (Å²) in [5.41, 5.74) is 0.477. The summed E-state index contributed by atoms with van der Waals surface area (Å²) >= 11 is 0. The van der Waals surface area contributed by atoms with E-state index in [4.69, 9.17) is 0 Å². The van der Waals surface area contributed by atoms with Crippen LogP contribution in [0, 0.1) is 17.8 Å². The molecule has 0 saturated carbocycles. The second-order valence-electron chi connectivity index (χ2n) is 5.46. The molecule has 0 N–H and O–H groups in total. The van der Waals surface area contributed by atoms with Crippen molar-refractivity contribution in [1.82, 2.24) is 0 Å². The van der Waals surface area contributed by atoms with E-state index in [0.717, 1.165) is 0 Å². The minimum Gasteiger partial charge on any atom is -0.199 e. The molecule has 0 aromatic heterocycles. The fraction of sp³-hybridized carbons (Fsp3) is 0.529. The predicted octanol–water partition coefficient (Wildman–Crippen LogP) is 6.07. The Morgan fingerprint density at radius 3 is 2.04 bits per heavy atom. The molecule has 0 bridgehead atoms. The van der Waals surface area contributed by atoms with Crippen LogP contribution in [-0.4, -0.2) is 18.0 Å². The number of unbranched alkanes of at least 4 members (excludes halogenated alkanes) is 1. The number of halogens is 7. The van der Waals surface area contributed by atoms with Crippen molar-refractivity contribution in [3.05, 3.63) is 35.9 Å². The zero-order valence-corrected chi connectivity index (χ0v) is 12.9. The van der Waals surface area contributed by atoms with Crippen molar-refractivity contribution < 1.29 is 30.7 Å². The van der Waals surface area contributed by atoms with E-state index in [9.17, 15) is 30.7 Å². The van der Waals surface area contributed by atoms with Crippen molar-refractivity contribution in [2.45, 2.75) is 50.6 Å². The van der Waals surface area contributed by atoms with Crippen molar-refractivity contribution in [1.29, 1.82) is 0 Å². The van der Waals surface area contributed by atoms with Crippen molar-refractivity contribution in [3.63, 3.8) is 0 Å². The van der Waals surface area contributed by atoms with Gasteiger partial charge in [0.05, 0.1) is 0 Å². The minimum atomic E-state index is -6.31. The monoisotopic (exact) mass is 354 g/mol. The van der Waals surface area contributed by atoms with Gasteiger partial charge in [-0.15, -0.1) is 0 Å². The van der Waals surface area contributed by atoms with Crippen LogP contribution < -0.4 is 0 Å². The smallest absolute Gasteiger partial charge is 0.199 e. The van der Waals surface area contributed by atoms with Gasteiger partial charge < -0.3 is 0 Å². The molecule has 134 valence electrons. The lowest BCUT2D eigenvalue weighted by molar-refractivity contribution is -0.356. The van der Waals surface area contributed by atoms with E-state index in [2.05, 4.69) is 11.8 Å². The lowest BCUT2D eigenvalue weighted by atomic mass is 9.92. The summed E-state index contributed by atoms with van der Waals surface area (Å²) in [5.74, 6) is -7.58. The normalized spacial score (nSPS) is 14.0. The van der Waals surface area contributed by atoms with Gasteiger partial charge in [0.15, 0.2) is 0 Å². The first-order valence-electron chi connectivity index (χ1n) is 7.40. The highest BCUT2D eigenvalue weighted by Crippen LogP contribution is 2.49. The maximum atomic E-state index is 13.6. The highest BCUT2D eigenvalue weighted by atomic mass is 19.4. The molecule has 1 aromatic carbocycles. The van der Waals surface area contributed by atoms with E-state index < -0.39 is 30.4 Å². The summed E-state index contributed by atoms with van der Waals surface area (Å²) in [7, 11) is 0. The third kappa shape index (κ3) is 5.15. The van der Waals surface area contributed by atoms with Crippen LogP contribution >= 0.6 is 0 Å². The van der Waals surface area contributed by atoms with Gasteiger partial charge >= 0.3 is 18.0 Å². The molecule has 1 atom stereocenters. The van der Waals surface area contributed by atoms with Crippen molar-refractivity contribution >= 4 is 0 Å². The van der Waals surface area contributed by atoms with E-state index in [-0.39, 0.29) is 6.42 Å². The Hall–Kier alpha value is -1.71. The van der Waals surface area contributed by atoms with Gasteiger partial charge in [0.2, 0.25) is 0 Å². The van der Waals surface area contributed by atoms with Crippen LogP contribution in [0.3, 0.4) is 0 Å². The second-order valence-corrected chi connectivity index (χ2v) is 5.46. The van der Waals surface area contributed by atoms with Crippen LogP contribution in [0.4, 0.5) is 30.7 Å². The highest BCUT2D eigenvalue weighted by molar-refractivity contribution is 5.34. The molecule has 0 saturated heterocycles. The SMILES string of the molecule is CCCCC(C#Cc1ccccc1)CC(F)(F)C(F)(F)C(F)(F)F. The lowest BCUT2D eigenvalue weighted by Crippen LogP contribution is -2.52. The first kappa shape index (κ1) is 20.3. The third-order valence-electron chi connectivity index (χ3n) is 3.42. The molecule has 0 aliphatic rings. The number of benzene rings is 1. The molecule has 0 amide bonds. The van der Waals surface area contributed by atoms with Gasteiger partial charge in [0.1, 0.15) is 0 Å². The van der Waals surface area contributed by atoms with Crippen molar-refractivity contribution in [3.8, 4) is 11.8 Å². The number of rotatable bonds is 6. The highest BCUT2D eigenvalue weighted by Gasteiger charge is 2.72. The van der Waals surface area contributed by atoms with Crippen molar-refractivity contribution in [2.75, 3.05) is 0 Å². The van der Waals surface area contributed by atoms with Gasteiger partial charge in [-0.3, -0.25) is 0 Å². The van der Waals surface area contributed by atoms with Crippen LogP contribution in [0.25, 0.3) is 0 Å². The Morgan fingerprint density at radius 1 is 0.958 bits per heavy atom. The Balaban J connectivity index is 2.99. The maximum Gasteiger partial charge on any atom is 0.459 e. The molecule has 0 fully saturated rings. The van der Waals surface area contributed by atoms with Gasteiger partial charge in [-0.25, -0.2) is 0 Å². The van der Waals surface area contributed by atoms with Gasteiger partial charge in [-0.2, -0.15) is 30.7 Å². The summed E-state index contributed by atoms with van der Waals surface area (Å²) in [4.78, 5) is 0. The predicted molar refractivity (Wildman–Crippen MR) is 76.9 cm³/mol. The summed E-state index contributed by atoms with van der Waals surface area (Å²) in [5, 5.41) is 0. The molecule has 1 aromatic rings. The van der Waals surface area contributed by atoms with Gasteiger partial charge in [0, 0.05) is 17.9 Å². The van der Waals surface area contributed by atoms with E-state index in [1.165, 1.54) is 0 Å². The summed E-state index contributed by atoms with van der Waals surface area (Å²) in [6.07, 6.45) is -6.93. The zero-order valence-electron chi connectivity index (χ0n) is 12.9. The van der Waals surface area contributed by atoms with Gasteiger partial charge in [-0.05, 0) is 18.6 Å². The number of hydrogen-bond acceptors (Lipinski definition) is 0. The van der Waals surface area contributed by atoms with E-state index >= 15 is 0 Å². The molecule has 0 aliphatic heterocycles. The molecule has 0 radical (unpaired) electrons. The van der Waals surface area contributed by atoms with Crippen LogP contribution in [0.2, 0.25) is 0 Å². The molecule has 1 unspecified atom stereocenters. The number of hydrogen-bond donors (Lipinski definition) is 0. The first-order chi connectivity index (χ1) is 11.0. The van der Waals surface area contributed by atoms with Gasteiger partial charge in [0.25, 0.3) is 0 Å². The Morgan fingerprint density at radius 2 is 1.54 bits per heavy atom. The lowest BCUT2D eigenvalue weighted by Gasteiger charge is -2.29.